The summed E-state index contributed by atoms with van der Waals surface area (Å²) in [4.78, 5) is 33.4. The van der Waals surface area contributed by atoms with E-state index in [4.69, 9.17) is 31.3 Å². The van der Waals surface area contributed by atoms with Crippen LogP contribution < -0.4 is 9.64 Å². The van der Waals surface area contributed by atoms with Crippen molar-refractivity contribution in [2.75, 3.05) is 44.7 Å². The van der Waals surface area contributed by atoms with Gasteiger partial charge in [0.1, 0.15) is 12.4 Å². The highest BCUT2D eigenvalue weighted by atomic mass is 35.5. The summed E-state index contributed by atoms with van der Waals surface area (Å²) in [5, 5.41) is 10.8. The number of anilines is 1. The van der Waals surface area contributed by atoms with Gasteiger partial charge in [0, 0.05) is 31.2 Å². The standard InChI is InChI=1S/C32H34ClN7O2/c1-3-27(41)40-13-12-39(17-21(40)9-10-34)31-25-16-26(33)29(23-8-4-6-19-14-20-15-24(20)28(19)23)35-30(25)36-32(37-31)42-18-22-7-5-11-38(22)2/h3-4,6,8,16,20-22,24H,1,5,7,9,11-15,17-18H2,2H3/t20?,21-,22-,24?/m0/s1. The zero-order chi connectivity index (χ0) is 29.0. The summed E-state index contributed by atoms with van der Waals surface area (Å²) in [5.41, 5.74) is 5.14. The molecular weight excluding hydrogens is 550 g/mol. The van der Waals surface area contributed by atoms with Gasteiger partial charge in [0.15, 0.2) is 5.65 Å². The lowest BCUT2D eigenvalue weighted by atomic mass is 9.97. The number of ether oxygens (including phenoxy) is 1. The fraction of sp³-hybridized carbons (Fsp3) is 0.469. The van der Waals surface area contributed by atoms with Crippen LogP contribution in [0.1, 0.15) is 42.7 Å². The van der Waals surface area contributed by atoms with Crippen LogP contribution in [-0.2, 0) is 11.2 Å². The molecule has 2 aliphatic heterocycles. The summed E-state index contributed by atoms with van der Waals surface area (Å²) < 4.78 is 6.23. The first-order chi connectivity index (χ1) is 20.4. The number of carbonyl (C=O) groups excluding carboxylic acids is 1. The Morgan fingerprint density at radius 3 is 2.90 bits per heavy atom. The van der Waals surface area contributed by atoms with Gasteiger partial charge in [0.25, 0.3) is 0 Å². The minimum atomic E-state index is -0.295. The molecule has 3 aromatic rings. The molecule has 3 fully saturated rings. The molecule has 0 radical (unpaired) electrons. The van der Waals surface area contributed by atoms with Crippen LogP contribution >= 0.6 is 11.6 Å². The van der Waals surface area contributed by atoms with E-state index in [0.717, 1.165) is 48.4 Å². The molecule has 4 aliphatic rings. The second-order valence-electron chi connectivity index (χ2n) is 12.0. The lowest BCUT2D eigenvalue weighted by molar-refractivity contribution is -0.128. The van der Waals surface area contributed by atoms with Gasteiger partial charge >= 0.3 is 6.01 Å². The molecular formula is C32H34ClN7O2. The first kappa shape index (κ1) is 27.1. The number of pyridine rings is 1. The highest BCUT2D eigenvalue weighted by Gasteiger charge is 2.46. The monoisotopic (exact) mass is 583 g/mol. The quantitative estimate of drug-likeness (QED) is 0.372. The number of aromatic nitrogens is 3. The fourth-order valence-electron chi connectivity index (χ4n) is 7.13. The number of likely N-dealkylation sites (tertiary alicyclic amines) is 1. The van der Waals surface area contributed by atoms with E-state index in [1.54, 1.807) is 4.90 Å². The Labute approximate surface area is 250 Å². The Morgan fingerprint density at radius 2 is 2.12 bits per heavy atom. The third-order valence-corrected chi connectivity index (χ3v) is 9.76. The van der Waals surface area contributed by atoms with Gasteiger partial charge in [0.05, 0.1) is 34.6 Å². The van der Waals surface area contributed by atoms with Crippen LogP contribution in [-0.4, -0.2) is 82.6 Å². The van der Waals surface area contributed by atoms with Crippen molar-refractivity contribution in [3.8, 4) is 23.3 Å². The molecule has 4 heterocycles. The van der Waals surface area contributed by atoms with E-state index in [0.29, 0.717) is 54.7 Å². The number of halogens is 1. The van der Waals surface area contributed by atoms with Gasteiger partial charge in [-0.3, -0.25) is 4.79 Å². The molecule has 10 heteroatoms. The number of rotatable bonds is 7. The molecule has 216 valence electrons. The van der Waals surface area contributed by atoms with Gasteiger partial charge < -0.3 is 19.4 Å². The molecule has 2 aliphatic carbocycles. The lowest BCUT2D eigenvalue weighted by Crippen LogP contribution is -2.55. The normalized spacial score (nSPS) is 24.8. The predicted molar refractivity (Wildman–Crippen MR) is 162 cm³/mol. The molecule has 1 saturated carbocycles. The second-order valence-corrected chi connectivity index (χ2v) is 12.4. The molecule has 2 aromatic heterocycles. The Bertz CT molecular complexity index is 1620. The number of fused-ring (bicyclic) bond motifs is 4. The Hall–Kier alpha value is -3.74. The van der Waals surface area contributed by atoms with Crippen molar-refractivity contribution in [3.05, 3.63) is 53.1 Å². The molecule has 4 atom stereocenters. The number of piperazine rings is 1. The molecule has 7 rings (SSSR count). The SMILES string of the molecule is C=CC(=O)N1CCN(c2nc(OC[C@@H]3CCCN3C)nc3nc(-c4cccc5c4C4CC4C5)c(Cl)cc23)C[C@@H]1CC#N. The zero-order valence-electron chi connectivity index (χ0n) is 23.8. The predicted octanol–water partition coefficient (Wildman–Crippen LogP) is 4.59. The van der Waals surface area contributed by atoms with Gasteiger partial charge in [-0.15, -0.1) is 0 Å². The Morgan fingerprint density at radius 1 is 1.24 bits per heavy atom. The van der Waals surface area contributed by atoms with Crippen LogP contribution in [0.3, 0.4) is 0 Å². The van der Waals surface area contributed by atoms with Crippen LogP contribution in [0.15, 0.2) is 36.9 Å². The Balaban J connectivity index is 1.29. The summed E-state index contributed by atoms with van der Waals surface area (Å²) in [6.45, 7) is 6.61. The van der Waals surface area contributed by atoms with Gasteiger partial charge in [-0.1, -0.05) is 36.4 Å². The molecule has 1 amide bonds. The van der Waals surface area contributed by atoms with E-state index < -0.39 is 0 Å². The number of benzene rings is 1. The van der Waals surface area contributed by atoms with Gasteiger partial charge in [-0.05, 0) is 74.4 Å². The average molecular weight is 584 g/mol. The maximum Gasteiger partial charge on any atom is 0.320 e. The minimum Gasteiger partial charge on any atom is -0.462 e. The van der Waals surface area contributed by atoms with E-state index >= 15 is 0 Å². The van der Waals surface area contributed by atoms with Crippen LogP contribution in [0.25, 0.3) is 22.3 Å². The van der Waals surface area contributed by atoms with Crippen LogP contribution in [0.2, 0.25) is 5.02 Å². The summed E-state index contributed by atoms with van der Waals surface area (Å²) in [6.07, 6.45) is 6.10. The molecule has 2 saturated heterocycles. The fourth-order valence-corrected chi connectivity index (χ4v) is 7.38. The van der Waals surface area contributed by atoms with E-state index in [1.807, 2.05) is 6.07 Å². The summed E-state index contributed by atoms with van der Waals surface area (Å²) in [6, 6.07) is 10.9. The third kappa shape index (κ3) is 4.77. The van der Waals surface area contributed by atoms with E-state index in [9.17, 15) is 10.1 Å². The van der Waals surface area contributed by atoms with Gasteiger partial charge in [0.2, 0.25) is 5.91 Å². The van der Waals surface area contributed by atoms with Crippen molar-refractivity contribution >= 4 is 34.4 Å². The van der Waals surface area contributed by atoms with Crippen molar-refractivity contribution in [1.29, 1.82) is 5.26 Å². The maximum atomic E-state index is 12.5. The van der Waals surface area contributed by atoms with Crippen molar-refractivity contribution in [2.24, 2.45) is 5.92 Å². The highest BCUT2D eigenvalue weighted by molar-refractivity contribution is 6.34. The number of hydrogen-bond acceptors (Lipinski definition) is 8. The number of hydrogen-bond donors (Lipinski definition) is 0. The molecule has 0 N–H and O–H groups in total. The molecule has 1 aromatic carbocycles. The van der Waals surface area contributed by atoms with Crippen molar-refractivity contribution in [2.45, 2.75) is 50.1 Å². The second kappa shape index (κ2) is 10.8. The zero-order valence-corrected chi connectivity index (χ0v) is 24.6. The highest BCUT2D eigenvalue weighted by Crippen LogP contribution is 2.58. The number of nitrogens with zero attached hydrogens (tertiary/aromatic N) is 7. The summed E-state index contributed by atoms with van der Waals surface area (Å²) in [7, 11) is 2.12. The largest absolute Gasteiger partial charge is 0.462 e. The van der Waals surface area contributed by atoms with E-state index in [2.05, 4.69) is 47.7 Å². The van der Waals surface area contributed by atoms with E-state index in [1.165, 1.54) is 23.6 Å². The van der Waals surface area contributed by atoms with Gasteiger partial charge in [-0.25, -0.2) is 4.98 Å². The first-order valence-corrected chi connectivity index (χ1v) is 15.2. The number of carbonyl (C=O) groups is 1. The maximum absolute atomic E-state index is 12.5. The van der Waals surface area contributed by atoms with Crippen LogP contribution in [0.4, 0.5) is 5.82 Å². The number of likely N-dealkylation sites (N-methyl/N-ethyl adjacent to an activating group) is 1. The van der Waals surface area contributed by atoms with E-state index in [-0.39, 0.29) is 24.4 Å². The molecule has 9 nitrogen and oxygen atoms in total. The smallest absolute Gasteiger partial charge is 0.320 e. The topological polar surface area (TPSA) is 98.5 Å². The molecule has 42 heavy (non-hydrogen) atoms. The average Bonchev–Trinajstić information content (AvgIpc) is 3.47. The van der Waals surface area contributed by atoms with Gasteiger partial charge in [-0.2, -0.15) is 15.2 Å². The van der Waals surface area contributed by atoms with Crippen LogP contribution in [0.5, 0.6) is 6.01 Å². The lowest BCUT2D eigenvalue weighted by Gasteiger charge is -2.41. The van der Waals surface area contributed by atoms with Crippen molar-refractivity contribution in [1.82, 2.24) is 24.8 Å². The third-order valence-electron chi connectivity index (χ3n) is 9.47. The van der Waals surface area contributed by atoms with Crippen LogP contribution in [0, 0.1) is 17.2 Å². The van der Waals surface area contributed by atoms with Crippen molar-refractivity contribution < 1.29 is 9.53 Å². The first-order valence-electron chi connectivity index (χ1n) is 14.8. The molecule has 0 spiro atoms. The number of nitriles is 1. The molecule has 2 unspecified atom stereocenters. The number of amides is 1. The minimum absolute atomic E-state index is 0.171. The Kier molecular flexibility index (Phi) is 6.99. The molecule has 0 bridgehead atoms. The van der Waals surface area contributed by atoms with Crippen molar-refractivity contribution in [3.63, 3.8) is 0 Å². The summed E-state index contributed by atoms with van der Waals surface area (Å²) in [5.74, 6) is 1.83. The summed E-state index contributed by atoms with van der Waals surface area (Å²) >= 11 is 7.00.